The second-order valence-electron chi connectivity index (χ2n) is 4.74. The van der Waals surface area contributed by atoms with Crippen LogP contribution in [0.5, 0.6) is 11.5 Å². The lowest BCUT2D eigenvalue weighted by molar-refractivity contribution is 0.0596. The quantitative estimate of drug-likeness (QED) is 0.259. The summed E-state index contributed by atoms with van der Waals surface area (Å²) in [7, 11) is 2.96. The second kappa shape index (κ2) is 13.8. The molecule has 0 amide bonds. The van der Waals surface area contributed by atoms with Crippen molar-refractivity contribution in [3.8, 4) is 11.5 Å². The predicted molar refractivity (Wildman–Crippen MR) is 162 cm³/mol. The summed E-state index contributed by atoms with van der Waals surface area (Å²) in [5, 5.41) is 18.3. The number of benzene rings is 2. The van der Waals surface area contributed by atoms with Crippen molar-refractivity contribution in [2.24, 2.45) is 0 Å². The van der Waals surface area contributed by atoms with Gasteiger partial charge in [0.1, 0.15) is 11.5 Å². The number of carbonyl (C=O) groups excluding carboxylic acids is 1. The first kappa shape index (κ1) is 30.4. The van der Waals surface area contributed by atoms with Crippen LogP contribution in [0.15, 0.2) is 12.1 Å². The van der Waals surface area contributed by atoms with Gasteiger partial charge in [-0.15, -0.1) is 0 Å². The highest BCUT2D eigenvalue weighted by atomic mass is 127. The predicted octanol–water partition coefficient (Wildman–Crippen LogP) is 6.84. The van der Waals surface area contributed by atoms with E-state index >= 15 is 0 Å². The Bertz CT molecular complexity index is 932. The van der Waals surface area contributed by atoms with Crippen LogP contribution in [0.25, 0.3) is 0 Å². The molecule has 2 aromatic carbocycles. The van der Waals surface area contributed by atoms with E-state index in [0.717, 1.165) is 16.5 Å². The lowest BCUT2D eigenvalue weighted by Gasteiger charge is -2.11. The minimum atomic E-state index is -1.01. The van der Waals surface area contributed by atoms with Crippen molar-refractivity contribution in [2.45, 2.75) is 7.43 Å². The van der Waals surface area contributed by atoms with Gasteiger partial charge in [-0.2, -0.15) is 0 Å². The molecule has 2 aromatic rings. The zero-order valence-electron chi connectivity index (χ0n) is 13.9. The lowest BCUT2D eigenvalue weighted by atomic mass is 10.2. The third-order valence-electron chi connectivity index (χ3n) is 3.08. The van der Waals surface area contributed by atoms with E-state index in [-0.39, 0.29) is 24.7 Å². The Morgan fingerprint density at radius 1 is 0.828 bits per heavy atom. The Hall–Kier alpha value is 1.36. The maximum Gasteiger partial charge on any atom is 0.340 e. The van der Waals surface area contributed by atoms with Crippen molar-refractivity contribution in [3.63, 3.8) is 0 Å². The highest BCUT2D eigenvalue weighted by Crippen LogP contribution is 2.34. The topological polar surface area (TPSA) is 93.1 Å². The molecule has 6 nitrogen and oxygen atoms in total. The Labute approximate surface area is 250 Å². The van der Waals surface area contributed by atoms with Crippen LogP contribution in [0.2, 0.25) is 0 Å². The van der Waals surface area contributed by atoms with Gasteiger partial charge in [0.15, 0.2) is 0 Å². The molecule has 0 heterocycles. The fourth-order valence-corrected chi connectivity index (χ4v) is 9.91. The van der Waals surface area contributed by atoms with Gasteiger partial charge < -0.3 is 19.7 Å². The van der Waals surface area contributed by atoms with Gasteiger partial charge in [-0.1, -0.05) is 7.43 Å². The fraction of sp³-hybridized carbons (Fsp3) is 0.176. The number of rotatable bonds is 3. The Morgan fingerprint density at radius 3 is 1.76 bits per heavy atom. The van der Waals surface area contributed by atoms with Gasteiger partial charge in [-0.05, 0) is 148 Å². The van der Waals surface area contributed by atoms with Crippen molar-refractivity contribution in [2.75, 3.05) is 14.2 Å². The molecule has 0 aromatic heterocycles. The molecule has 0 atom stereocenters. The molecule has 2 N–H and O–H groups in total. The summed E-state index contributed by atoms with van der Waals surface area (Å²) in [5.41, 5.74) is 0.732. The third-order valence-corrected chi connectivity index (χ3v) is 8.49. The number of hydrogen-bond acceptors (Lipinski definition) is 5. The van der Waals surface area contributed by atoms with Gasteiger partial charge >= 0.3 is 11.9 Å². The molecule has 0 spiro atoms. The number of aromatic carboxylic acids is 1. The lowest BCUT2D eigenvalue weighted by Crippen LogP contribution is -2.08. The van der Waals surface area contributed by atoms with Gasteiger partial charge in [-0.3, -0.25) is 0 Å². The maximum absolute atomic E-state index is 11.5. The maximum atomic E-state index is 11.5. The van der Waals surface area contributed by atoms with E-state index in [4.69, 9.17) is 14.6 Å². The van der Waals surface area contributed by atoms with E-state index in [1.54, 1.807) is 13.2 Å². The summed E-state index contributed by atoms with van der Waals surface area (Å²) in [6.07, 6.45) is 0. The highest BCUT2D eigenvalue weighted by molar-refractivity contribution is 14.1. The Balaban J connectivity index is 0.000000527. The van der Waals surface area contributed by atoms with Gasteiger partial charge in [0.2, 0.25) is 0 Å². The number of carboxylic acid groups (broad SMARTS) is 1. The first-order valence-electron chi connectivity index (χ1n) is 6.87. The summed E-state index contributed by atoms with van der Waals surface area (Å²) < 4.78 is 14.3. The molecule has 2 rings (SSSR count). The number of phenols is 1. The number of hydrogen-bond donors (Lipinski definition) is 2. The standard InChI is InChI=1S/C9H7I3O3.C7H3I3O3.CH4/c1-14-8-5(11)3-4(10)6(7(8)12)9(13)15-2;8-2-1-3(9)6(11)5(10)4(2)7(12)13;/h3H,1-2H3;1,11H,(H,12,13);1H4. The van der Waals surface area contributed by atoms with Gasteiger partial charge in [0.25, 0.3) is 0 Å². The number of methoxy groups -OCH3 is 2. The molecule has 0 aliphatic carbocycles. The first-order chi connectivity index (χ1) is 13.0. The van der Waals surface area contributed by atoms with Crippen LogP contribution in [0.3, 0.4) is 0 Å². The monoisotopic (exact) mass is 1080 g/mol. The van der Waals surface area contributed by atoms with Crippen molar-refractivity contribution in [1.82, 2.24) is 0 Å². The molecule has 0 saturated carbocycles. The van der Waals surface area contributed by atoms with E-state index in [1.165, 1.54) is 7.11 Å². The third kappa shape index (κ3) is 7.72. The van der Waals surface area contributed by atoms with Crippen molar-refractivity contribution in [3.05, 3.63) is 44.7 Å². The number of phenolic OH excluding ortho intramolecular Hbond substituents is 1. The van der Waals surface area contributed by atoms with Gasteiger partial charge in [0, 0.05) is 7.14 Å². The zero-order valence-corrected chi connectivity index (χ0v) is 26.9. The molecule has 160 valence electrons. The average Bonchev–Trinajstić information content (AvgIpc) is 2.59. The van der Waals surface area contributed by atoms with E-state index < -0.39 is 5.97 Å². The molecule has 0 aliphatic rings. The van der Waals surface area contributed by atoms with Crippen LogP contribution in [0, 0.1) is 21.4 Å². The Morgan fingerprint density at radius 2 is 1.31 bits per heavy atom. The smallest absolute Gasteiger partial charge is 0.340 e. The largest absolute Gasteiger partial charge is 0.506 e. The molecule has 0 aliphatic heterocycles. The number of aromatic hydroxyl groups is 1. The average molecular weight is 1080 g/mol. The summed E-state index contributed by atoms with van der Waals surface area (Å²) in [5.74, 6) is -0.588. The number of carbonyl (C=O) groups is 2. The van der Waals surface area contributed by atoms with Crippen molar-refractivity contribution in [1.29, 1.82) is 0 Å². The molecular formula is C17H14I6O6. The molecule has 0 radical (unpaired) electrons. The molecule has 29 heavy (non-hydrogen) atoms. The number of esters is 1. The SMILES string of the molecule is C.COC(=O)c1c(I)cc(I)c(OC)c1I.O=C(O)c1c(I)cc(I)c(O)c1I. The molecule has 0 fully saturated rings. The zero-order chi connectivity index (χ0) is 21.8. The van der Waals surface area contributed by atoms with Crippen molar-refractivity contribution >= 4 is 147 Å². The van der Waals surface area contributed by atoms with Crippen LogP contribution in [0.1, 0.15) is 28.1 Å². The fourth-order valence-electron chi connectivity index (χ4n) is 1.82. The molecule has 12 heteroatoms. The summed E-state index contributed by atoms with van der Waals surface area (Å²) >= 11 is 12.1. The van der Waals surface area contributed by atoms with Crippen LogP contribution in [-0.2, 0) is 4.74 Å². The minimum Gasteiger partial charge on any atom is -0.506 e. The van der Waals surface area contributed by atoms with E-state index in [1.807, 2.05) is 73.8 Å². The van der Waals surface area contributed by atoms with Crippen molar-refractivity contribution < 1.29 is 29.3 Å². The minimum absolute atomic E-state index is 0. The van der Waals surface area contributed by atoms with Crippen LogP contribution in [0.4, 0.5) is 0 Å². The molecule has 0 unspecified atom stereocenters. The number of halogens is 6. The van der Waals surface area contributed by atoms with E-state index in [2.05, 4.69) is 67.8 Å². The summed E-state index contributed by atoms with van der Waals surface area (Å²) in [6, 6.07) is 3.54. The molecule has 0 bridgehead atoms. The second-order valence-corrected chi connectivity index (χ2v) is 11.5. The number of carboxylic acids is 1. The van der Waals surface area contributed by atoms with E-state index in [0.29, 0.717) is 16.3 Å². The normalized spacial score (nSPS) is 9.66. The number of ether oxygens (including phenoxy) is 2. The Kier molecular flexibility index (Phi) is 14.5. The van der Waals surface area contributed by atoms with E-state index in [9.17, 15) is 14.7 Å². The van der Waals surface area contributed by atoms with Gasteiger partial charge in [-0.25, -0.2) is 9.59 Å². The highest BCUT2D eigenvalue weighted by Gasteiger charge is 2.21. The molecular weight excluding hydrogens is 1060 g/mol. The summed E-state index contributed by atoms with van der Waals surface area (Å²) in [4.78, 5) is 22.3. The van der Waals surface area contributed by atoms with Crippen LogP contribution in [-0.4, -0.2) is 36.4 Å². The first-order valence-corrected chi connectivity index (χ1v) is 13.3. The van der Waals surface area contributed by atoms with Gasteiger partial charge in [0.05, 0.1) is 39.6 Å². The van der Waals surface area contributed by atoms with Crippen LogP contribution >= 0.6 is 136 Å². The molecule has 0 saturated heterocycles. The summed E-state index contributed by atoms with van der Waals surface area (Å²) in [6.45, 7) is 0. The van der Waals surface area contributed by atoms with Crippen LogP contribution < -0.4 is 4.74 Å².